The highest BCUT2D eigenvalue weighted by molar-refractivity contribution is 5.98. The standard InChI is InChI=1S/C16H21NO4/c1-10-5-3-7-13(11(10)2)15(18)17-14(16(19)20)12-6-4-8-21-9-12/h3,5,7,12,14H,4,6,8-9H2,1-2H3,(H,17,18)(H,19,20). The summed E-state index contributed by atoms with van der Waals surface area (Å²) < 4.78 is 5.33. The topological polar surface area (TPSA) is 75.6 Å². The van der Waals surface area contributed by atoms with Crippen molar-refractivity contribution in [3.8, 4) is 0 Å². The van der Waals surface area contributed by atoms with E-state index in [9.17, 15) is 14.7 Å². The van der Waals surface area contributed by atoms with Crippen LogP contribution in [-0.4, -0.2) is 36.2 Å². The van der Waals surface area contributed by atoms with Gasteiger partial charge in [-0.1, -0.05) is 12.1 Å². The zero-order chi connectivity index (χ0) is 15.4. The van der Waals surface area contributed by atoms with Crippen LogP contribution >= 0.6 is 0 Å². The van der Waals surface area contributed by atoms with Gasteiger partial charge in [0.1, 0.15) is 6.04 Å². The molecule has 0 aliphatic carbocycles. The Hall–Kier alpha value is -1.88. The van der Waals surface area contributed by atoms with Crippen molar-refractivity contribution in [3.05, 3.63) is 34.9 Å². The molecule has 0 radical (unpaired) electrons. The Bertz CT molecular complexity index is 535. The molecule has 1 aromatic rings. The Morgan fingerprint density at radius 3 is 2.76 bits per heavy atom. The van der Waals surface area contributed by atoms with Crippen molar-refractivity contribution < 1.29 is 19.4 Å². The van der Waals surface area contributed by atoms with Crippen LogP contribution in [0.2, 0.25) is 0 Å². The third-order valence-electron chi connectivity index (χ3n) is 4.07. The Morgan fingerprint density at radius 2 is 2.14 bits per heavy atom. The number of nitrogens with one attached hydrogen (secondary N) is 1. The van der Waals surface area contributed by atoms with E-state index in [0.717, 1.165) is 24.0 Å². The molecule has 2 N–H and O–H groups in total. The summed E-state index contributed by atoms with van der Waals surface area (Å²) in [7, 11) is 0. The summed E-state index contributed by atoms with van der Waals surface area (Å²) in [6.07, 6.45) is 1.58. The van der Waals surface area contributed by atoms with Crippen molar-refractivity contribution in [1.29, 1.82) is 0 Å². The first-order valence-electron chi connectivity index (χ1n) is 7.18. The van der Waals surface area contributed by atoms with Crippen molar-refractivity contribution >= 4 is 11.9 Å². The smallest absolute Gasteiger partial charge is 0.326 e. The number of hydrogen-bond acceptors (Lipinski definition) is 3. The van der Waals surface area contributed by atoms with Crippen LogP contribution in [0.15, 0.2) is 18.2 Å². The van der Waals surface area contributed by atoms with Gasteiger partial charge in [0.25, 0.3) is 5.91 Å². The molecule has 2 unspecified atom stereocenters. The number of aryl methyl sites for hydroxylation is 1. The largest absolute Gasteiger partial charge is 0.480 e. The van der Waals surface area contributed by atoms with E-state index in [1.165, 1.54) is 0 Å². The molecule has 2 rings (SSSR count). The van der Waals surface area contributed by atoms with Crippen LogP contribution in [0.1, 0.15) is 34.3 Å². The second-order valence-electron chi connectivity index (χ2n) is 5.51. The number of ether oxygens (including phenoxy) is 1. The lowest BCUT2D eigenvalue weighted by Gasteiger charge is -2.28. The number of carboxylic acid groups (broad SMARTS) is 1. The highest BCUT2D eigenvalue weighted by Crippen LogP contribution is 2.19. The first kappa shape index (κ1) is 15.5. The Kier molecular flexibility index (Phi) is 4.96. The average molecular weight is 291 g/mol. The van der Waals surface area contributed by atoms with Gasteiger partial charge in [-0.05, 0) is 43.9 Å². The maximum absolute atomic E-state index is 12.4. The SMILES string of the molecule is Cc1cccc(C(=O)NC(C(=O)O)C2CCCOC2)c1C. The monoisotopic (exact) mass is 291 g/mol. The zero-order valence-electron chi connectivity index (χ0n) is 12.4. The van der Waals surface area contributed by atoms with Crippen molar-refractivity contribution in [2.75, 3.05) is 13.2 Å². The van der Waals surface area contributed by atoms with Gasteiger partial charge in [-0.25, -0.2) is 4.79 Å². The van der Waals surface area contributed by atoms with Gasteiger partial charge in [-0.15, -0.1) is 0 Å². The average Bonchev–Trinajstić information content (AvgIpc) is 2.48. The molecule has 5 nitrogen and oxygen atoms in total. The normalized spacial score (nSPS) is 19.8. The van der Waals surface area contributed by atoms with E-state index in [0.29, 0.717) is 18.8 Å². The van der Waals surface area contributed by atoms with E-state index in [-0.39, 0.29) is 11.8 Å². The van der Waals surface area contributed by atoms with E-state index in [2.05, 4.69) is 5.32 Å². The number of benzene rings is 1. The summed E-state index contributed by atoms with van der Waals surface area (Å²) >= 11 is 0. The van der Waals surface area contributed by atoms with Crippen LogP contribution in [-0.2, 0) is 9.53 Å². The van der Waals surface area contributed by atoms with Gasteiger partial charge >= 0.3 is 5.97 Å². The molecule has 5 heteroatoms. The number of hydrogen-bond donors (Lipinski definition) is 2. The molecule has 1 aliphatic heterocycles. The minimum Gasteiger partial charge on any atom is -0.480 e. The van der Waals surface area contributed by atoms with E-state index in [1.54, 1.807) is 12.1 Å². The lowest BCUT2D eigenvalue weighted by atomic mass is 9.93. The van der Waals surface area contributed by atoms with Crippen molar-refractivity contribution in [2.24, 2.45) is 5.92 Å². The molecular formula is C16H21NO4. The fourth-order valence-corrected chi connectivity index (χ4v) is 2.63. The van der Waals surface area contributed by atoms with Crippen LogP contribution in [0.3, 0.4) is 0 Å². The Labute approximate surface area is 124 Å². The third-order valence-corrected chi connectivity index (χ3v) is 4.07. The van der Waals surface area contributed by atoms with E-state index in [4.69, 9.17) is 4.74 Å². The molecular weight excluding hydrogens is 270 g/mol. The number of rotatable bonds is 4. The van der Waals surface area contributed by atoms with Crippen LogP contribution in [0, 0.1) is 19.8 Å². The summed E-state index contributed by atoms with van der Waals surface area (Å²) in [5, 5.41) is 12.0. The second kappa shape index (κ2) is 6.72. The molecule has 1 aliphatic rings. The number of carbonyl (C=O) groups is 2. The van der Waals surface area contributed by atoms with Crippen molar-refractivity contribution in [3.63, 3.8) is 0 Å². The lowest BCUT2D eigenvalue weighted by molar-refractivity contribution is -0.142. The number of aliphatic carboxylic acids is 1. The summed E-state index contributed by atoms with van der Waals surface area (Å²) in [6, 6.07) is 4.54. The van der Waals surface area contributed by atoms with Crippen LogP contribution < -0.4 is 5.32 Å². The molecule has 2 atom stereocenters. The molecule has 0 spiro atoms. The third kappa shape index (κ3) is 3.61. The highest BCUT2D eigenvalue weighted by Gasteiger charge is 2.31. The summed E-state index contributed by atoms with van der Waals surface area (Å²) in [5.41, 5.74) is 2.41. The molecule has 1 aromatic carbocycles. The number of carboxylic acids is 1. The molecule has 1 heterocycles. The first-order chi connectivity index (χ1) is 10.0. The molecule has 0 aromatic heterocycles. The fraction of sp³-hybridized carbons (Fsp3) is 0.500. The van der Waals surface area contributed by atoms with Gasteiger partial charge in [0.05, 0.1) is 6.61 Å². The predicted molar refractivity (Wildman–Crippen MR) is 78.3 cm³/mol. The zero-order valence-corrected chi connectivity index (χ0v) is 12.4. The summed E-state index contributed by atoms with van der Waals surface area (Å²) in [6.45, 7) is 4.83. The fourth-order valence-electron chi connectivity index (χ4n) is 2.63. The maximum atomic E-state index is 12.4. The summed E-state index contributed by atoms with van der Waals surface area (Å²) in [4.78, 5) is 23.8. The molecule has 1 fully saturated rings. The molecule has 114 valence electrons. The Morgan fingerprint density at radius 1 is 1.38 bits per heavy atom. The van der Waals surface area contributed by atoms with Crippen LogP contribution in [0.5, 0.6) is 0 Å². The van der Waals surface area contributed by atoms with Gasteiger partial charge in [0.2, 0.25) is 0 Å². The minimum atomic E-state index is -1.01. The molecule has 1 saturated heterocycles. The lowest BCUT2D eigenvalue weighted by Crippen LogP contribution is -2.48. The van der Waals surface area contributed by atoms with Crippen molar-refractivity contribution in [1.82, 2.24) is 5.32 Å². The van der Waals surface area contributed by atoms with E-state index >= 15 is 0 Å². The predicted octanol–water partition coefficient (Wildman–Crippen LogP) is 1.91. The second-order valence-corrected chi connectivity index (χ2v) is 5.51. The summed E-state index contributed by atoms with van der Waals surface area (Å²) in [5.74, 6) is -1.52. The van der Waals surface area contributed by atoms with Crippen LogP contribution in [0.4, 0.5) is 0 Å². The van der Waals surface area contributed by atoms with Crippen LogP contribution in [0.25, 0.3) is 0 Å². The van der Waals surface area contributed by atoms with E-state index in [1.807, 2.05) is 19.9 Å². The van der Waals surface area contributed by atoms with Crippen molar-refractivity contribution in [2.45, 2.75) is 32.7 Å². The van der Waals surface area contributed by atoms with Gasteiger partial charge < -0.3 is 15.2 Å². The minimum absolute atomic E-state index is 0.176. The quantitative estimate of drug-likeness (QED) is 0.888. The van der Waals surface area contributed by atoms with Gasteiger partial charge in [-0.2, -0.15) is 0 Å². The maximum Gasteiger partial charge on any atom is 0.326 e. The van der Waals surface area contributed by atoms with E-state index < -0.39 is 12.0 Å². The highest BCUT2D eigenvalue weighted by atomic mass is 16.5. The first-order valence-corrected chi connectivity index (χ1v) is 7.18. The van der Waals surface area contributed by atoms with Gasteiger partial charge in [0, 0.05) is 18.1 Å². The molecule has 1 amide bonds. The van der Waals surface area contributed by atoms with Gasteiger partial charge in [0.15, 0.2) is 0 Å². The molecule has 0 saturated carbocycles. The number of carbonyl (C=O) groups excluding carboxylic acids is 1. The number of amides is 1. The molecule has 0 bridgehead atoms. The molecule has 21 heavy (non-hydrogen) atoms. The Balaban J connectivity index is 2.14. The van der Waals surface area contributed by atoms with Gasteiger partial charge in [-0.3, -0.25) is 4.79 Å².